The van der Waals surface area contributed by atoms with E-state index in [0.29, 0.717) is 0 Å². The molecule has 0 fully saturated rings. The maximum Gasteiger partial charge on any atom is 0.347 e. The van der Waals surface area contributed by atoms with E-state index in [4.69, 9.17) is 8.85 Å². The molecule has 60 valence electrons. The van der Waals surface area contributed by atoms with Gasteiger partial charge < -0.3 is 8.85 Å². The third-order valence-electron chi connectivity index (χ3n) is 1.07. The van der Waals surface area contributed by atoms with E-state index in [1.165, 1.54) is 0 Å². The van der Waals surface area contributed by atoms with Gasteiger partial charge in [0.1, 0.15) is 0 Å². The summed E-state index contributed by atoms with van der Waals surface area (Å²) in [7, 11) is 0.290. The van der Waals surface area contributed by atoms with Gasteiger partial charge in [-0.2, -0.15) is 0 Å². The number of hydrogen-bond acceptors (Lipinski definition) is 2. The van der Waals surface area contributed by atoms with Crippen LogP contribution in [0.25, 0.3) is 0 Å². The van der Waals surface area contributed by atoms with Crippen molar-refractivity contribution in [3.63, 3.8) is 0 Å². The van der Waals surface area contributed by atoms with Gasteiger partial charge in [-0.05, 0) is 19.0 Å². The van der Waals surface area contributed by atoms with Gasteiger partial charge in [0.05, 0.1) is 0 Å². The summed E-state index contributed by atoms with van der Waals surface area (Å²) in [6.07, 6.45) is 3.04. The van der Waals surface area contributed by atoms with Gasteiger partial charge in [0.25, 0.3) is 0 Å². The molecule has 0 spiro atoms. The topological polar surface area (TPSA) is 18.5 Å². The van der Waals surface area contributed by atoms with E-state index in [2.05, 4.69) is 6.92 Å². The number of rotatable bonds is 5. The third kappa shape index (κ3) is 4.73. The Bertz CT molecular complexity index is 93.6. The summed E-state index contributed by atoms with van der Waals surface area (Å²) in [5.74, 6) is 0. The van der Waals surface area contributed by atoms with E-state index in [9.17, 15) is 0 Å². The highest BCUT2D eigenvalue weighted by Gasteiger charge is 2.03. The Morgan fingerprint density at radius 2 is 2.20 bits per heavy atom. The highest BCUT2D eigenvalue weighted by atomic mass is 28.3. The van der Waals surface area contributed by atoms with Crippen molar-refractivity contribution in [1.29, 1.82) is 0 Å². The molecule has 0 saturated heterocycles. The van der Waals surface area contributed by atoms with Crippen molar-refractivity contribution >= 4 is 9.28 Å². The van der Waals surface area contributed by atoms with Crippen LogP contribution in [0.2, 0.25) is 0 Å². The van der Waals surface area contributed by atoms with Gasteiger partial charge in [-0.3, -0.25) is 0 Å². The van der Waals surface area contributed by atoms with Crippen molar-refractivity contribution in [3.8, 4) is 0 Å². The first-order valence-corrected chi connectivity index (χ1v) is 5.23. The van der Waals surface area contributed by atoms with Crippen LogP contribution < -0.4 is 0 Å². The Labute approximate surface area is 64.7 Å². The molecular weight excluding hydrogens is 144 g/mol. The largest absolute Gasteiger partial charge is 0.397 e. The molecule has 0 bridgehead atoms. The Balaban J connectivity index is 3.39. The van der Waals surface area contributed by atoms with E-state index in [-0.39, 0.29) is 0 Å². The molecule has 0 radical (unpaired) electrons. The van der Waals surface area contributed by atoms with Crippen molar-refractivity contribution in [3.05, 3.63) is 11.8 Å². The molecule has 10 heavy (non-hydrogen) atoms. The molecule has 0 aliphatic heterocycles. The summed E-state index contributed by atoms with van der Waals surface area (Å²) in [4.78, 5) is 0. The van der Waals surface area contributed by atoms with E-state index in [1.54, 1.807) is 7.11 Å². The Hall–Kier alpha value is -0.123. The average molecular weight is 160 g/mol. The van der Waals surface area contributed by atoms with Crippen LogP contribution in [0.1, 0.15) is 20.3 Å². The van der Waals surface area contributed by atoms with Gasteiger partial charge in [0, 0.05) is 13.7 Å². The first-order valence-electron chi connectivity index (χ1n) is 3.62. The molecule has 0 aromatic heterocycles. The zero-order valence-electron chi connectivity index (χ0n) is 6.96. The summed E-state index contributed by atoms with van der Waals surface area (Å²) in [6, 6.07) is 0. The van der Waals surface area contributed by atoms with Gasteiger partial charge in [0.15, 0.2) is 0 Å². The SMILES string of the molecule is CC=C[SiH](OC)OCCC. The predicted octanol–water partition coefficient (Wildman–Crippen LogP) is 1.40. The molecular formula is C7H16O2Si. The second-order valence-electron chi connectivity index (χ2n) is 2.00. The Morgan fingerprint density at radius 3 is 2.60 bits per heavy atom. The predicted molar refractivity (Wildman–Crippen MR) is 45.2 cm³/mol. The normalized spacial score (nSPS) is 14.3. The first-order chi connectivity index (χ1) is 4.85. The van der Waals surface area contributed by atoms with Gasteiger partial charge in [0.2, 0.25) is 0 Å². The molecule has 0 N–H and O–H groups in total. The van der Waals surface area contributed by atoms with E-state index in [1.807, 2.05) is 18.7 Å². The van der Waals surface area contributed by atoms with Crippen LogP contribution in [0.4, 0.5) is 0 Å². The number of hydrogen-bond donors (Lipinski definition) is 0. The standard InChI is InChI=1S/C7H16O2Si/c1-4-6-9-10(8-3)7-5-2/h5,7,10H,4,6H2,1-3H3. The Morgan fingerprint density at radius 1 is 1.50 bits per heavy atom. The minimum atomic E-state index is -1.41. The zero-order chi connectivity index (χ0) is 7.82. The molecule has 1 atom stereocenters. The fraction of sp³-hybridized carbons (Fsp3) is 0.714. The van der Waals surface area contributed by atoms with Gasteiger partial charge >= 0.3 is 9.28 Å². The molecule has 3 heteroatoms. The van der Waals surface area contributed by atoms with Crippen molar-refractivity contribution < 1.29 is 8.85 Å². The highest BCUT2D eigenvalue weighted by Crippen LogP contribution is 1.91. The lowest BCUT2D eigenvalue weighted by Crippen LogP contribution is -2.18. The lowest BCUT2D eigenvalue weighted by atomic mass is 10.5. The fourth-order valence-corrected chi connectivity index (χ4v) is 1.78. The molecule has 0 aliphatic carbocycles. The molecule has 2 nitrogen and oxygen atoms in total. The summed E-state index contributed by atoms with van der Waals surface area (Å²) in [5, 5.41) is 0. The average Bonchev–Trinajstić information content (AvgIpc) is 1.98. The van der Waals surface area contributed by atoms with Crippen molar-refractivity contribution in [1.82, 2.24) is 0 Å². The number of allylic oxidation sites excluding steroid dienone is 1. The zero-order valence-corrected chi connectivity index (χ0v) is 8.12. The van der Waals surface area contributed by atoms with Crippen LogP contribution >= 0.6 is 0 Å². The second kappa shape index (κ2) is 6.99. The minimum absolute atomic E-state index is 0.815. The molecule has 0 aromatic rings. The molecule has 0 amide bonds. The van der Waals surface area contributed by atoms with Crippen LogP contribution in [-0.4, -0.2) is 23.0 Å². The van der Waals surface area contributed by atoms with Gasteiger partial charge in [-0.15, -0.1) is 0 Å². The Kier molecular flexibility index (Phi) is 6.90. The maximum absolute atomic E-state index is 5.41. The first kappa shape index (κ1) is 9.88. The quantitative estimate of drug-likeness (QED) is 0.566. The lowest BCUT2D eigenvalue weighted by Gasteiger charge is -2.07. The lowest BCUT2D eigenvalue weighted by molar-refractivity contribution is 0.240. The van der Waals surface area contributed by atoms with Crippen molar-refractivity contribution in [2.24, 2.45) is 0 Å². The molecule has 0 aromatic carbocycles. The molecule has 0 heterocycles. The van der Waals surface area contributed by atoms with Gasteiger partial charge in [-0.25, -0.2) is 0 Å². The summed E-state index contributed by atoms with van der Waals surface area (Å²) < 4.78 is 10.5. The monoisotopic (exact) mass is 160 g/mol. The van der Waals surface area contributed by atoms with E-state index < -0.39 is 9.28 Å². The molecule has 0 rings (SSSR count). The third-order valence-corrected chi connectivity index (χ3v) is 2.80. The second-order valence-corrected chi connectivity index (χ2v) is 3.93. The maximum atomic E-state index is 5.41. The summed E-state index contributed by atoms with van der Waals surface area (Å²) in [6.45, 7) is 4.89. The molecule has 0 aliphatic rings. The molecule has 0 saturated carbocycles. The smallest absolute Gasteiger partial charge is 0.347 e. The van der Waals surface area contributed by atoms with Crippen molar-refractivity contribution in [2.75, 3.05) is 13.7 Å². The van der Waals surface area contributed by atoms with Gasteiger partial charge in [-0.1, -0.05) is 13.0 Å². The highest BCUT2D eigenvalue weighted by molar-refractivity contribution is 6.50. The van der Waals surface area contributed by atoms with E-state index in [0.717, 1.165) is 13.0 Å². The fourth-order valence-electron chi connectivity index (χ4n) is 0.593. The van der Waals surface area contributed by atoms with Crippen LogP contribution in [-0.2, 0) is 8.85 Å². The summed E-state index contributed by atoms with van der Waals surface area (Å²) >= 11 is 0. The summed E-state index contributed by atoms with van der Waals surface area (Å²) in [5.41, 5.74) is 2.02. The van der Waals surface area contributed by atoms with Crippen LogP contribution in [0, 0.1) is 0 Å². The molecule has 1 unspecified atom stereocenters. The minimum Gasteiger partial charge on any atom is -0.397 e. The van der Waals surface area contributed by atoms with Crippen LogP contribution in [0.5, 0.6) is 0 Å². The van der Waals surface area contributed by atoms with E-state index >= 15 is 0 Å². The van der Waals surface area contributed by atoms with Crippen LogP contribution in [0.15, 0.2) is 11.8 Å². The van der Waals surface area contributed by atoms with Crippen LogP contribution in [0.3, 0.4) is 0 Å². The van der Waals surface area contributed by atoms with Crippen molar-refractivity contribution in [2.45, 2.75) is 20.3 Å².